The molecule has 1 aliphatic heterocycles. The maximum absolute atomic E-state index is 12.0. The summed E-state index contributed by atoms with van der Waals surface area (Å²) < 4.78 is 5.58. The van der Waals surface area contributed by atoms with E-state index in [0.29, 0.717) is 28.3 Å². The number of piperidine rings is 1. The number of benzene rings is 1. The van der Waals surface area contributed by atoms with Gasteiger partial charge in [-0.25, -0.2) is 0 Å². The standard InChI is InChI=1S/C15H20Cl2N2O2.ClH/c1-10(21-14-5-4-12(16)7-13(14)17)15(20)19-9-11-3-2-6-18-8-11;/h4-5,7,10-11,18H,2-3,6,8-9H2,1H3,(H,19,20);1H. The molecular weight excluding hydrogens is 347 g/mol. The van der Waals surface area contributed by atoms with Gasteiger partial charge in [0, 0.05) is 11.6 Å². The maximum Gasteiger partial charge on any atom is 0.260 e. The second-order valence-electron chi connectivity index (χ2n) is 5.29. The lowest BCUT2D eigenvalue weighted by atomic mass is 10.00. The minimum absolute atomic E-state index is 0. The SMILES string of the molecule is CC(Oc1ccc(Cl)cc1Cl)C(=O)NCC1CCCNC1.Cl. The van der Waals surface area contributed by atoms with Gasteiger partial charge in [0.1, 0.15) is 5.75 Å². The molecule has 1 saturated heterocycles. The van der Waals surface area contributed by atoms with E-state index in [1.54, 1.807) is 25.1 Å². The van der Waals surface area contributed by atoms with Crippen molar-refractivity contribution in [2.45, 2.75) is 25.9 Å². The molecule has 0 aliphatic carbocycles. The number of rotatable bonds is 5. The molecule has 0 radical (unpaired) electrons. The summed E-state index contributed by atoms with van der Waals surface area (Å²) in [5, 5.41) is 7.20. The smallest absolute Gasteiger partial charge is 0.260 e. The Balaban J connectivity index is 0.00000242. The van der Waals surface area contributed by atoms with E-state index >= 15 is 0 Å². The topological polar surface area (TPSA) is 50.4 Å². The Morgan fingerprint density at radius 2 is 2.27 bits per heavy atom. The first-order valence-electron chi connectivity index (χ1n) is 7.16. The highest BCUT2D eigenvalue weighted by Gasteiger charge is 2.19. The number of carbonyl (C=O) groups excluding carboxylic acids is 1. The molecule has 1 aromatic rings. The molecule has 124 valence electrons. The van der Waals surface area contributed by atoms with Crippen LogP contribution in [-0.4, -0.2) is 31.6 Å². The first kappa shape index (κ1) is 19.4. The molecule has 0 aromatic heterocycles. The second-order valence-corrected chi connectivity index (χ2v) is 6.14. The average molecular weight is 368 g/mol. The summed E-state index contributed by atoms with van der Waals surface area (Å²) in [6.07, 6.45) is 1.71. The van der Waals surface area contributed by atoms with E-state index in [-0.39, 0.29) is 18.3 Å². The predicted molar refractivity (Wildman–Crippen MR) is 92.4 cm³/mol. The van der Waals surface area contributed by atoms with Gasteiger partial charge >= 0.3 is 0 Å². The number of carbonyl (C=O) groups is 1. The molecule has 0 bridgehead atoms. The van der Waals surface area contributed by atoms with Crippen LogP contribution in [0.5, 0.6) is 5.75 Å². The molecule has 4 nitrogen and oxygen atoms in total. The van der Waals surface area contributed by atoms with Crippen molar-refractivity contribution >= 4 is 41.5 Å². The van der Waals surface area contributed by atoms with Gasteiger partial charge in [0.15, 0.2) is 6.10 Å². The van der Waals surface area contributed by atoms with Gasteiger partial charge in [-0.3, -0.25) is 4.79 Å². The summed E-state index contributed by atoms with van der Waals surface area (Å²) in [5.74, 6) is 0.823. The highest BCUT2D eigenvalue weighted by Crippen LogP contribution is 2.28. The number of hydrogen-bond donors (Lipinski definition) is 2. The summed E-state index contributed by atoms with van der Waals surface area (Å²) in [6.45, 7) is 4.41. The number of amides is 1. The van der Waals surface area contributed by atoms with Crippen molar-refractivity contribution in [3.8, 4) is 5.75 Å². The normalized spacial score (nSPS) is 19.0. The molecule has 7 heteroatoms. The fraction of sp³-hybridized carbons (Fsp3) is 0.533. The van der Waals surface area contributed by atoms with Gasteiger partial charge < -0.3 is 15.4 Å². The van der Waals surface area contributed by atoms with Crippen molar-refractivity contribution in [2.75, 3.05) is 19.6 Å². The molecule has 1 fully saturated rings. The van der Waals surface area contributed by atoms with E-state index < -0.39 is 6.10 Å². The van der Waals surface area contributed by atoms with Crippen molar-refractivity contribution in [1.29, 1.82) is 0 Å². The summed E-state index contributed by atoms with van der Waals surface area (Å²) >= 11 is 11.9. The third-order valence-electron chi connectivity index (χ3n) is 3.53. The zero-order valence-electron chi connectivity index (χ0n) is 12.4. The minimum Gasteiger partial charge on any atom is -0.479 e. The van der Waals surface area contributed by atoms with Crippen molar-refractivity contribution in [3.05, 3.63) is 28.2 Å². The van der Waals surface area contributed by atoms with Gasteiger partial charge in [0.25, 0.3) is 5.91 Å². The Bertz CT molecular complexity index is 494. The van der Waals surface area contributed by atoms with Crippen LogP contribution in [0.25, 0.3) is 0 Å². The maximum atomic E-state index is 12.0. The number of halogens is 3. The lowest BCUT2D eigenvalue weighted by molar-refractivity contribution is -0.127. The fourth-order valence-electron chi connectivity index (χ4n) is 2.30. The fourth-order valence-corrected chi connectivity index (χ4v) is 2.75. The van der Waals surface area contributed by atoms with Crippen LogP contribution in [-0.2, 0) is 4.79 Å². The second kappa shape index (κ2) is 9.46. The third-order valence-corrected chi connectivity index (χ3v) is 4.06. The van der Waals surface area contributed by atoms with Crippen LogP contribution in [0.15, 0.2) is 18.2 Å². The highest BCUT2D eigenvalue weighted by molar-refractivity contribution is 6.35. The first-order valence-corrected chi connectivity index (χ1v) is 7.92. The van der Waals surface area contributed by atoms with Crippen molar-refractivity contribution in [1.82, 2.24) is 10.6 Å². The van der Waals surface area contributed by atoms with E-state index in [4.69, 9.17) is 27.9 Å². The number of ether oxygens (including phenoxy) is 1. The average Bonchev–Trinajstić information content (AvgIpc) is 2.48. The lowest BCUT2D eigenvalue weighted by Crippen LogP contribution is -2.42. The molecule has 22 heavy (non-hydrogen) atoms. The molecular formula is C15H21Cl3N2O2. The van der Waals surface area contributed by atoms with E-state index in [9.17, 15) is 4.79 Å². The van der Waals surface area contributed by atoms with Gasteiger partial charge in [0.05, 0.1) is 5.02 Å². The van der Waals surface area contributed by atoms with E-state index in [1.807, 2.05) is 0 Å². The monoisotopic (exact) mass is 366 g/mol. The molecule has 1 amide bonds. The molecule has 1 aliphatic rings. The zero-order valence-corrected chi connectivity index (χ0v) is 14.7. The Kier molecular flexibility index (Phi) is 8.33. The van der Waals surface area contributed by atoms with E-state index in [2.05, 4.69) is 10.6 Å². The predicted octanol–water partition coefficient (Wildman–Crippen LogP) is 3.30. The van der Waals surface area contributed by atoms with Crippen LogP contribution in [0.1, 0.15) is 19.8 Å². The molecule has 2 atom stereocenters. The molecule has 1 heterocycles. The summed E-state index contributed by atoms with van der Waals surface area (Å²) in [4.78, 5) is 12.0. The number of hydrogen-bond acceptors (Lipinski definition) is 3. The van der Waals surface area contributed by atoms with Gasteiger partial charge in [-0.05, 0) is 57.0 Å². The summed E-state index contributed by atoms with van der Waals surface area (Å²) in [5.41, 5.74) is 0. The zero-order chi connectivity index (χ0) is 15.2. The molecule has 0 spiro atoms. The van der Waals surface area contributed by atoms with Gasteiger partial charge in [-0.2, -0.15) is 0 Å². The molecule has 2 N–H and O–H groups in total. The van der Waals surface area contributed by atoms with Crippen LogP contribution in [0.4, 0.5) is 0 Å². The largest absolute Gasteiger partial charge is 0.479 e. The Morgan fingerprint density at radius 1 is 1.50 bits per heavy atom. The van der Waals surface area contributed by atoms with Crippen molar-refractivity contribution < 1.29 is 9.53 Å². The molecule has 1 aromatic carbocycles. The van der Waals surface area contributed by atoms with Gasteiger partial charge in [0.2, 0.25) is 0 Å². The Labute approximate surface area is 147 Å². The van der Waals surface area contributed by atoms with Crippen LogP contribution >= 0.6 is 35.6 Å². The molecule has 2 rings (SSSR count). The summed E-state index contributed by atoms with van der Waals surface area (Å²) in [7, 11) is 0. The van der Waals surface area contributed by atoms with Gasteiger partial charge in [-0.15, -0.1) is 12.4 Å². The van der Waals surface area contributed by atoms with Crippen molar-refractivity contribution in [2.24, 2.45) is 5.92 Å². The van der Waals surface area contributed by atoms with E-state index in [0.717, 1.165) is 25.9 Å². The lowest BCUT2D eigenvalue weighted by Gasteiger charge is -2.24. The highest BCUT2D eigenvalue weighted by atomic mass is 35.5. The van der Waals surface area contributed by atoms with Gasteiger partial charge in [-0.1, -0.05) is 23.2 Å². The van der Waals surface area contributed by atoms with Crippen LogP contribution in [0.2, 0.25) is 10.0 Å². The molecule has 0 saturated carbocycles. The molecule has 2 unspecified atom stereocenters. The van der Waals surface area contributed by atoms with E-state index in [1.165, 1.54) is 0 Å². The van der Waals surface area contributed by atoms with Crippen LogP contribution in [0.3, 0.4) is 0 Å². The van der Waals surface area contributed by atoms with Crippen molar-refractivity contribution in [3.63, 3.8) is 0 Å². The Hall–Kier alpha value is -0.680. The Morgan fingerprint density at radius 3 is 2.91 bits per heavy atom. The number of nitrogens with one attached hydrogen (secondary N) is 2. The van der Waals surface area contributed by atoms with Crippen LogP contribution < -0.4 is 15.4 Å². The summed E-state index contributed by atoms with van der Waals surface area (Å²) in [6, 6.07) is 4.94. The third kappa shape index (κ3) is 5.84. The quantitative estimate of drug-likeness (QED) is 0.839. The first-order chi connectivity index (χ1) is 10.1. The minimum atomic E-state index is -0.597. The van der Waals surface area contributed by atoms with Crippen LogP contribution in [0, 0.1) is 5.92 Å².